The lowest BCUT2D eigenvalue weighted by molar-refractivity contribution is -0.122. The molecule has 0 bridgehead atoms. The van der Waals surface area contributed by atoms with E-state index in [-0.39, 0.29) is 64.3 Å². The molecule has 0 aromatic heterocycles. The van der Waals surface area contributed by atoms with Gasteiger partial charge in [-0.15, -0.1) is 0 Å². The summed E-state index contributed by atoms with van der Waals surface area (Å²) in [5.41, 5.74) is 0.0739. The molecule has 3 aromatic carbocycles. The van der Waals surface area contributed by atoms with Gasteiger partial charge in [0.2, 0.25) is 17.3 Å². The van der Waals surface area contributed by atoms with Crippen molar-refractivity contribution in [1.29, 1.82) is 0 Å². The summed E-state index contributed by atoms with van der Waals surface area (Å²) in [7, 11) is 8.01. The summed E-state index contributed by atoms with van der Waals surface area (Å²) in [5, 5.41) is 25.3. The number of aliphatic hydroxyl groups excluding tert-OH is 1. The molecular formula is C35H37ClN2O9. The van der Waals surface area contributed by atoms with E-state index in [1.807, 2.05) is 43.3 Å². The lowest BCUT2D eigenvalue weighted by Gasteiger charge is -2.38. The van der Waals surface area contributed by atoms with Crippen molar-refractivity contribution < 1.29 is 43.5 Å². The molecule has 0 saturated heterocycles. The van der Waals surface area contributed by atoms with Crippen LogP contribution in [0.1, 0.15) is 47.2 Å². The molecule has 3 unspecified atom stereocenters. The first-order valence-corrected chi connectivity index (χ1v) is 15.3. The number of carbonyl (C=O) groups is 3. The second-order valence-corrected chi connectivity index (χ2v) is 12.2. The number of hydrogen-bond donors (Lipinski definition) is 3. The van der Waals surface area contributed by atoms with Gasteiger partial charge in [0.25, 0.3) is 0 Å². The highest BCUT2D eigenvalue weighted by Gasteiger charge is 2.61. The Kier molecular flexibility index (Phi) is 9.31. The summed E-state index contributed by atoms with van der Waals surface area (Å²) in [4.78, 5) is 43.6. The number of anilines is 1. The minimum absolute atomic E-state index is 0.00443. The van der Waals surface area contributed by atoms with E-state index in [9.17, 15) is 24.6 Å². The number of aromatic hydroxyl groups is 1. The molecule has 5 rings (SSSR count). The van der Waals surface area contributed by atoms with Crippen molar-refractivity contribution in [2.75, 3.05) is 40.3 Å². The Morgan fingerprint density at radius 2 is 1.68 bits per heavy atom. The number of benzene rings is 3. The smallest absolute Gasteiger partial charge is 0.231 e. The van der Waals surface area contributed by atoms with E-state index in [0.717, 1.165) is 11.3 Å². The van der Waals surface area contributed by atoms with Crippen LogP contribution in [0.4, 0.5) is 5.69 Å². The van der Waals surface area contributed by atoms with Crippen LogP contribution in [0.2, 0.25) is 5.02 Å². The predicted octanol–water partition coefficient (Wildman–Crippen LogP) is 5.36. The van der Waals surface area contributed by atoms with Gasteiger partial charge in [-0.05, 0) is 35.4 Å². The lowest BCUT2D eigenvalue weighted by atomic mass is 9.69. The normalized spacial score (nSPS) is 19.3. The second-order valence-electron chi connectivity index (χ2n) is 11.8. The monoisotopic (exact) mass is 664 g/mol. The molecule has 12 heteroatoms. The number of carbonyl (C=O) groups excluding carboxylic acids is 3. The van der Waals surface area contributed by atoms with Crippen molar-refractivity contribution in [3.63, 3.8) is 0 Å². The zero-order valence-electron chi connectivity index (χ0n) is 27.0. The number of amides is 1. The fourth-order valence-electron chi connectivity index (χ4n) is 6.21. The molecule has 1 heterocycles. The number of ketones is 2. The molecule has 11 nitrogen and oxygen atoms in total. The number of hydrogen-bond acceptors (Lipinski definition) is 10. The highest BCUT2D eigenvalue weighted by molar-refractivity contribution is 6.35. The van der Waals surface area contributed by atoms with E-state index >= 15 is 0 Å². The zero-order chi connectivity index (χ0) is 34.2. The van der Waals surface area contributed by atoms with Crippen molar-refractivity contribution in [1.82, 2.24) is 5.32 Å². The highest BCUT2D eigenvalue weighted by Crippen LogP contribution is 2.56. The average Bonchev–Trinajstić information content (AvgIpc) is 3.37. The zero-order valence-corrected chi connectivity index (χ0v) is 27.7. The van der Waals surface area contributed by atoms with Gasteiger partial charge in [-0.2, -0.15) is 0 Å². The molecule has 1 amide bonds. The SMILES string of the molecule is COc1cc(C(CC(=O)NCc2ccc(N(C)C)cc2)C2=C(O)C3(Oc4c(Cl)c(OC)cc(OC)c4C3=O)C(C)CC2=O)ccc1O. The van der Waals surface area contributed by atoms with E-state index in [4.69, 9.17) is 30.5 Å². The molecule has 3 N–H and O–H groups in total. The number of Topliss-reactive ketones (excluding diaryl/α,β-unsaturated/α-hetero) is 2. The van der Waals surface area contributed by atoms with E-state index in [1.54, 1.807) is 6.92 Å². The standard InChI is InChI=1S/C35H37ClN2O9/c1-18-13-24(40)29(33(42)35(18)34(43)30-26(45-5)16-27(46-6)31(36)32(30)47-35)22(20-9-12-23(39)25(14-20)44-4)15-28(41)37-17-19-7-10-21(11-8-19)38(2)3/h7-12,14,16,18,22,39,42H,13,15,17H2,1-6H3,(H,37,41). The topological polar surface area (TPSA) is 144 Å². The van der Waals surface area contributed by atoms with Gasteiger partial charge in [-0.1, -0.05) is 36.7 Å². The Hall–Kier alpha value is -4.90. The molecule has 0 fully saturated rings. The van der Waals surface area contributed by atoms with E-state index in [2.05, 4.69) is 5.32 Å². The van der Waals surface area contributed by atoms with Crippen LogP contribution in [0.3, 0.4) is 0 Å². The lowest BCUT2D eigenvalue weighted by Crippen LogP contribution is -2.53. The molecule has 47 heavy (non-hydrogen) atoms. The Bertz CT molecular complexity index is 1770. The van der Waals surface area contributed by atoms with Gasteiger partial charge >= 0.3 is 0 Å². The van der Waals surface area contributed by atoms with Gasteiger partial charge in [0.1, 0.15) is 22.1 Å². The van der Waals surface area contributed by atoms with Crippen molar-refractivity contribution in [3.05, 3.63) is 81.6 Å². The second kappa shape index (κ2) is 13.1. The number of phenolic OH excluding ortho intramolecular Hbond substituents is 1. The van der Waals surface area contributed by atoms with Crippen LogP contribution in [0.5, 0.6) is 28.7 Å². The number of nitrogens with one attached hydrogen (secondary N) is 1. The highest BCUT2D eigenvalue weighted by atomic mass is 35.5. The van der Waals surface area contributed by atoms with Crippen molar-refractivity contribution in [2.24, 2.45) is 5.92 Å². The van der Waals surface area contributed by atoms with Crippen molar-refractivity contribution in [3.8, 4) is 28.7 Å². The Labute approximate surface area is 277 Å². The number of nitrogens with zero attached hydrogens (tertiary/aromatic N) is 1. The van der Waals surface area contributed by atoms with Crippen LogP contribution in [-0.2, 0) is 16.1 Å². The molecule has 1 aliphatic heterocycles. The minimum atomic E-state index is -2.03. The quantitative estimate of drug-likeness (QED) is 0.259. The maximum absolute atomic E-state index is 14.3. The largest absolute Gasteiger partial charge is 0.507 e. The summed E-state index contributed by atoms with van der Waals surface area (Å²) >= 11 is 6.58. The van der Waals surface area contributed by atoms with Crippen LogP contribution in [0, 0.1) is 5.92 Å². The van der Waals surface area contributed by atoms with Crippen LogP contribution in [0.25, 0.3) is 0 Å². The first-order valence-electron chi connectivity index (χ1n) is 14.9. The molecule has 0 saturated carbocycles. The van der Waals surface area contributed by atoms with Gasteiger partial charge in [0.15, 0.2) is 28.8 Å². The van der Waals surface area contributed by atoms with Gasteiger partial charge in [-0.25, -0.2) is 0 Å². The number of allylic oxidation sites excluding steroid dienone is 1. The summed E-state index contributed by atoms with van der Waals surface area (Å²) < 4.78 is 22.4. The fourth-order valence-corrected chi connectivity index (χ4v) is 6.47. The maximum Gasteiger partial charge on any atom is 0.231 e. The van der Waals surface area contributed by atoms with E-state index in [1.165, 1.54) is 45.6 Å². The number of ether oxygens (including phenoxy) is 4. The number of fused-ring (bicyclic) bond motifs is 1. The van der Waals surface area contributed by atoms with Gasteiger partial charge in [-0.3, -0.25) is 14.4 Å². The van der Waals surface area contributed by atoms with Crippen LogP contribution >= 0.6 is 11.6 Å². The van der Waals surface area contributed by atoms with Crippen LogP contribution in [-0.4, -0.2) is 68.7 Å². The third kappa shape index (κ3) is 5.80. The van der Waals surface area contributed by atoms with Crippen LogP contribution < -0.4 is 29.2 Å². The molecule has 3 aromatic rings. The third-order valence-corrected chi connectivity index (χ3v) is 9.16. The van der Waals surface area contributed by atoms with Gasteiger partial charge in [0, 0.05) is 62.6 Å². The summed E-state index contributed by atoms with van der Waals surface area (Å²) in [5.74, 6) is -3.80. The molecule has 1 spiro atoms. The molecule has 1 aliphatic carbocycles. The van der Waals surface area contributed by atoms with Crippen molar-refractivity contribution in [2.45, 2.75) is 37.8 Å². The van der Waals surface area contributed by atoms with Gasteiger partial charge < -0.3 is 39.4 Å². The minimum Gasteiger partial charge on any atom is -0.507 e. The molecule has 248 valence electrons. The number of aliphatic hydroxyl groups is 1. The maximum atomic E-state index is 14.3. The molecule has 2 aliphatic rings. The van der Waals surface area contributed by atoms with E-state index in [0.29, 0.717) is 5.56 Å². The third-order valence-electron chi connectivity index (χ3n) is 8.80. The predicted molar refractivity (Wildman–Crippen MR) is 175 cm³/mol. The Morgan fingerprint density at radius 1 is 1.02 bits per heavy atom. The van der Waals surface area contributed by atoms with Gasteiger partial charge in [0.05, 0.1) is 21.3 Å². The van der Waals surface area contributed by atoms with E-state index < -0.39 is 40.7 Å². The molecular weight excluding hydrogens is 628 g/mol. The summed E-state index contributed by atoms with van der Waals surface area (Å²) in [6.07, 6.45) is -0.458. The Balaban J connectivity index is 1.58. The summed E-state index contributed by atoms with van der Waals surface area (Å²) in [6, 6.07) is 13.5. The number of methoxy groups -OCH3 is 3. The fraction of sp³-hybridized carbons (Fsp3) is 0.343. The Morgan fingerprint density at radius 3 is 2.30 bits per heavy atom. The van der Waals surface area contributed by atoms with Crippen LogP contribution in [0.15, 0.2) is 59.9 Å². The average molecular weight is 665 g/mol. The van der Waals surface area contributed by atoms with Crippen molar-refractivity contribution >= 4 is 34.8 Å². The first-order chi connectivity index (χ1) is 22.4. The molecule has 3 atom stereocenters. The number of phenols is 1. The molecule has 0 radical (unpaired) electrons. The number of rotatable bonds is 10. The first kappa shape index (κ1) is 33.5. The summed E-state index contributed by atoms with van der Waals surface area (Å²) in [6.45, 7) is 1.84. The number of halogens is 1.